The number of aromatic nitrogens is 1. The van der Waals surface area contributed by atoms with Gasteiger partial charge in [-0.15, -0.1) is 0 Å². The van der Waals surface area contributed by atoms with Crippen LogP contribution in [0.15, 0.2) is 36.5 Å². The van der Waals surface area contributed by atoms with Gasteiger partial charge in [0, 0.05) is 12.7 Å². The van der Waals surface area contributed by atoms with E-state index in [1.54, 1.807) is 24.4 Å². The molecule has 18 heavy (non-hydrogen) atoms. The van der Waals surface area contributed by atoms with Crippen LogP contribution in [0.25, 0.3) is 0 Å². The van der Waals surface area contributed by atoms with Crippen LogP contribution in [-0.4, -0.2) is 27.6 Å². The fraction of sp³-hybridized carbons (Fsp3) is 0.154. The highest BCUT2D eigenvalue weighted by atomic mass is 16.3. The van der Waals surface area contributed by atoms with Crippen LogP contribution >= 0.6 is 0 Å². The number of benzene rings is 1. The third kappa shape index (κ3) is 2.82. The molecule has 0 saturated carbocycles. The van der Waals surface area contributed by atoms with Crippen LogP contribution in [0.4, 0.5) is 0 Å². The van der Waals surface area contributed by atoms with E-state index < -0.39 is 0 Å². The average Bonchev–Trinajstić information content (AvgIpc) is 2.87. The summed E-state index contributed by atoms with van der Waals surface area (Å²) in [5.41, 5.74) is 1.36. The minimum Gasteiger partial charge on any atom is -0.504 e. The Bertz CT molecular complexity index is 535. The number of carbonyl (C=O) groups is 1. The summed E-state index contributed by atoms with van der Waals surface area (Å²) in [7, 11) is 0. The zero-order valence-electron chi connectivity index (χ0n) is 9.68. The second-order valence-corrected chi connectivity index (χ2v) is 3.91. The summed E-state index contributed by atoms with van der Waals surface area (Å²) in [4.78, 5) is 14.4. The maximum Gasteiger partial charge on any atom is 0.267 e. The topological polar surface area (TPSA) is 85.3 Å². The van der Waals surface area contributed by atoms with Crippen molar-refractivity contribution in [3.63, 3.8) is 0 Å². The largest absolute Gasteiger partial charge is 0.504 e. The first kappa shape index (κ1) is 12.0. The minimum absolute atomic E-state index is 0.144. The van der Waals surface area contributed by atoms with Crippen molar-refractivity contribution in [1.29, 1.82) is 0 Å². The Morgan fingerprint density at radius 3 is 2.72 bits per heavy atom. The minimum atomic E-state index is -0.164. The molecular weight excluding hydrogens is 232 g/mol. The van der Waals surface area contributed by atoms with Gasteiger partial charge in [0.25, 0.3) is 5.91 Å². The molecule has 5 heteroatoms. The summed E-state index contributed by atoms with van der Waals surface area (Å²) in [5, 5.41) is 21.2. The molecule has 0 atom stereocenters. The van der Waals surface area contributed by atoms with Crippen LogP contribution < -0.4 is 5.32 Å². The Kier molecular flexibility index (Phi) is 3.52. The number of rotatable bonds is 4. The molecule has 2 aromatic rings. The Labute approximate surface area is 104 Å². The highest BCUT2D eigenvalue weighted by Gasteiger charge is 2.05. The van der Waals surface area contributed by atoms with Crippen molar-refractivity contribution in [2.24, 2.45) is 0 Å². The molecule has 1 heterocycles. The molecule has 4 N–H and O–H groups in total. The number of hydrogen-bond donors (Lipinski definition) is 4. The summed E-state index contributed by atoms with van der Waals surface area (Å²) in [5.74, 6) is -0.458. The molecule has 0 spiro atoms. The van der Waals surface area contributed by atoms with Crippen molar-refractivity contribution in [2.45, 2.75) is 6.42 Å². The second kappa shape index (κ2) is 5.27. The highest BCUT2D eigenvalue weighted by Crippen LogP contribution is 2.24. The molecule has 1 amide bonds. The van der Waals surface area contributed by atoms with Crippen molar-refractivity contribution in [3.8, 4) is 11.5 Å². The molecule has 5 nitrogen and oxygen atoms in total. The normalized spacial score (nSPS) is 10.2. The predicted octanol–water partition coefficient (Wildman–Crippen LogP) is 1.40. The van der Waals surface area contributed by atoms with Gasteiger partial charge in [0.2, 0.25) is 0 Å². The number of carbonyl (C=O) groups excluding carboxylic acids is 1. The molecule has 0 aliphatic carbocycles. The number of aromatic amines is 1. The van der Waals surface area contributed by atoms with Gasteiger partial charge in [-0.1, -0.05) is 6.07 Å². The summed E-state index contributed by atoms with van der Waals surface area (Å²) < 4.78 is 0. The van der Waals surface area contributed by atoms with E-state index >= 15 is 0 Å². The monoisotopic (exact) mass is 246 g/mol. The number of phenolic OH excluding ortho intramolecular Hbond substituents is 2. The number of amides is 1. The molecule has 0 unspecified atom stereocenters. The Balaban J connectivity index is 1.85. The van der Waals surface area contributed by atoms with E-state index in [1.807, 2.05) is 0 Å². The first-order valence-corrected chi connectivity index (χ1v) is 5.59. The van der Waals surface area contributed by atoms with E-state index in [1.165, 1.54) is 12.1 Å². The maximum absolute atomic E-state index is 11.6. The SMILES string of the molecule is O=C(NCCc1ccc(O)c(O)c1)c1ccc[nH]1. The molecule has 1 aromatic heterocycles. The van der Waals surface area contributed by atoms with E-state index in [0.717, 1.165) is 5.56 Å². The number of H-pyrrole nitrogens is 1. The van der Waals surface area contributed by atoms with E-state index in [9.17, 15) is 9.90 Å². The van der Waals surface area contributed by atoms with E-state index in [4.69, 9.17) is 5.11 Å². The molecule has 0 saturated heterocycles. The van der Waals surface area contributed by atoms with Gasteiger partial charge in [-0.25, -0.2) is 0 Å². The van der Waals surface area contributed by atoms with Crippen molar-refractivity contribution in [3.05, 3.63) is 47.8 Å². The van der Waals surface area contributed by atoms with Crippen molar-refractivity contribution >= 4 is 5.91 Å². The van der Waals surface area contributed by atoms with Crippen LogP contribution in [0.5, 0.6) is 11.5 Å². The van der Waals surface area contributed by atoms with Crippen LogP contribution in [0.3, 0.4) is 0 Å². The quantitative estimate of drug-likeness (QED) is 0.615. The Morgan fingerprint density at radius 1 is 1.22 bits per heavy atom. The van der Waals surface area contributed by atoms with Crippen LogP contribution in [0.2, 0.25) is 0 Å². The second-order valence-electron chi connectivity index (χ2n) is 3.91. The number of hydrogen-bond acceptors (Lipinski definition) is 3. The lowest BCUT2D eigenvalue weighted by Gasteiger charge is -2.05. The lowest BCUT2D eigenvalue weighted by Crippen LogP contribution is -2.25. The smallest absolute Gasteiger partial charge is 0.267 e. The summed E-state index contributed by atoms with van der Waals surface area (Å²) in [6.07, 6.45) is 2.27. The molecule has 0 aliphatic heterocycles. The zero-order chi connectivity index (χ0) is 13.0. The lowest BCUT2D eigenvalue weighted by atomic mass is 10.1. The summed E-state index contributed by atoms with van der Waals surface area (Å²) in [6, 6.07) is 8.07. The van der Waals surface area contributed by atoms with Crippen molar-refractivity contribution in [1.82, 2.24) is 10.3 Å². The average molecular weight is 246 g/mol. The predicted molar refractivity (Wildman–Crippen MR) is 66.6 cm³/mol. The Hall–Kier alpha value is -2.43. The van der Waals surface area contributed by atoms with E-state index in [-0.39, 0.29) is 17.4 Å². The van der Waals surface area contributed by atoms with Gasteiger partial charge in [0.05, 0.1) is 0 Å². The van der Waals surface area contributed by atoms with Crippen LogP contribution in [0.1, 0.15) is 16.1 Å². The van der Waals surface area contributed by atoms with Crippen LogP contribution in [-0.2, 0) is 6.42 Å². The third-order valence-electron chi connectivity index (χ3n) is 2.58. The molecular formula is C13H14N2O3. The fourth-order valence-corrected chi connectivity index (χ4v) is 1.61. The molecule has 0 aliphatic rings. The molecule has 94 valence electrons. The third-order valence-corrected chi connectivity index (χ3v) is 2.58. The molecule has 2 rings (SSSR count). The first-order chi connectivity index (χ1) is 8.66. The molecule has 0 radical (unpaired) electrons. The van der Waals surface area contributed by atoms with E-state index in [2.05, 4.69) is 10.3 Å². The van der Waals surface area contributed by atoms with Crippen molar-refractivity contribution in [2.75, 3.05) is 6.54 Å². The van der Waals surface area contributed by atoms with Gasteiger partial charge in [0.15, 0.2) is 11.5 Å². The molecule has 0 bridgehead atoms. The fourth-order valence-electron chi connectivity index (χ4n) is 1.61. The van der Waals surface area contributed by atoms with Gasteiger partial charge in [-0.2, -0.15) is 0 Å². The lowest BCUT2D eigenvalue weighted by molar-refractivity contribution is 0.0950. The zero-order valence-corrected chi connectivity index (χ0v) is 9.68. The summed E-state index contributed by atoms with van der Waals surface area (Å²) in [6.45, 7) is 0.460. The van der Waals surface area contributed by atoms with Gasteiger partial charge in [-0.05, 0) is 36.2 Å². The van der Waals surface area contributed by atoms with Crippen molar-refractivity contribution < 1.29 is 15.0 Å². The van der Waals surface area contributed by atoms with Gasteiger partial charge < -0.3 is 20.5 Å². The maximum atomic E-state index is 11.6. The first-order valence-electron chi connectivity index (χ1n) is 5.59. The van der Waals surface area contributed by atoms with Gasteiger partial charge in [-0.3, -0.25) is 4.79 Å². The number of nitrogens with one attached hydrogen (secondary N) is 2. The highest BCUT2D eigenvalue weighted by molar-refractivity contribution is 5.92. The molecule has 0 fully saturated rings. The van der Waals surface area contributed by atoms with Gasteiger partial charge in [0.1, 0.15) is 5.69 Å². The van der Waals surface area contributed by atoms with Crippen LogP contribution in [0, 0.1) is 0 Å². The van der Waals surface area contributed by atoms with Gasteiger partial charge >= 0.3 is 0 Å². The molecule has 1 aromatic carbocycles. The number of phenols is 2. The van der Waals surface area contributed by atoms with E-state index in [0.29, 0.717) is 18.7 Å². The number of aromatic hydroxyl groups is 2. The Morgan fingerprint density at radius 2 is 2.06 bits per heavy atom. The standard InChI is InChI=1S/C13H14N2O3/c16-11-4-3-9(8-12(11)17)5-7-15-13(18)10-2-1-6-14-10/h1-4,6,8,14,16-17H,5,7H2,(H,15,18). The summed E-state index contributed by atoms with van der Waals surface area (Å²) >= 11 is 0.